The highest BCUT2D eigenvalue weighted by molar-refractivity contribution is 6.06. The number of aliphatic hydroxyl groups is 1. The van der Waals surface area contributed by atoms with Crippen LogP contribution in [-0.4, -0.2) is 70.8 Å². The number of hydrogen-bond acceptors (Lipinski definition) is 6. The number of rotatable bonds is 6. The molecule has 4 heterocycles. The molecule has 2 saturated heterocycles. The molecule has 222 valence electrons. The second-order valence-corrected chi connectivity index (χ2v) is 12.2. The number of allylic oxidation sites excluding steroid dienone is 1. The van der Waals surface area contributed by atoms with E-state index in [1.165, 1.54) is 0 Å². The fourth-order valence-electron chi connectivity index (χ4n) is 7.58. The van der Waals surface area contributed by atoms with Crippen molar-refractivity contribution in [3.63, 3.8) is 0 Å². The van der Waals surface area contributed by atoms with E-state index in [2.05, 4.69) is 0 Å². The van der Waals surface area contributed by atoms with E-state index in [-0.39, 0.29) is 30.9 Å². The Kier molecular flexibility index (Phi) is 8.18. The minimum Gasteiger partial charge on any atom is -0.465 e. The van der Waals surface area contributed by atoms with Crippen LogP contribution in [0.2, 0.25) is 0 Å². The molecule has 0 aromatic heterocycles. The Labute approximate surface area is 243 Å². The number of esters is 1. The molecule has 0 bridgehead atoms. The molecule has 0 radical (unpaired) electrons. The van der Waals surface area contributed by atoms with Gasteiger partial charge in [0.2, 0.25) is 5.91 Å². The van der Waals surface area contributed by atoms with E-state index in [0.29, 0.717) is 19.4 Å². The summed E-state index contributed by atoms with van der Waals surface area (Å²) >= 11 is 0. The third kappa shape index (κ3) is 4.54. The van der Waals surface area contributed by atoms with Crippen molar-refractivity contribution in [1.29, 1.82) is 0 Å². The first kappa shape index (κ1) is 29.5. The standard InChI is InChI=1S/C33H44N2O6/c1-6-21(3)24(20-36)35-28-30(38)34(27-22(4)14-12-15-23(27)5)18-13-17-33(28)25(29(35)37)26-31(39)40-19-11-9-8-10-16-32(26,7-2)41-33/h10,12-17,21,24-26,28,36H,6-9,11,18-20H2,1-5H3/b16-10-/t21-,24-,25-,26+,28?,32-,33-/m0/s1. The topological polar surface area (TPSA) is 96.4 Å². The van der Waals surface area contributed by atoms with Crippen molar-refractivity contribution in [2.45, 2.75) is 90.0 Å². The van der Waals surface area contributed by atoms with Gasteiger partial charge >= 0.3 is 5.97 Å². The van der Waals surface area contributed by atoms with Crippen molar-refractivity contribution in [2.24, 2.45) is 17.8 Å². The van der Waals surface area contributed by atoms with E-state index in [1.807, 2.05) is 77.1 Å². The van der Waals surface area contributed by atoms with E-state index >= 15 is 0 Å². The lowest BCUT2D eigenvalue weighted by molar-refractivity contribution is -0.162. The molecule has 1 N–H and O–H groups in total. The minimum absolute atomic E-state index is 0.0830. The molecule has 1 unspecified atom stereocenters. The second-order valence-electron chi connectivity index (χ2n) is 12.2. The number of anilines is 1. The van der Waals surface area contributed by atoms with Crippen LogP contribution in [0.5, 0.6) is 0 Å². The predicted octanol–water partition coefficient (Wildman–Crippen LogP) is 4.26. The third-order valence-electron chi connectivity index (χ3n) is 9.88. The lowest BCUT2D eigenvalue weighted by atomic mass is 9.73. The number of hydrogen-bond donors (Lipinski definition) is 1. The zero-order valence-corrected chi connectivity index (χ0v) is 25.0. The molecule has 4 aliphatic rings. The Morgan fingerprint density at radius 2 is 1.76 bits per heavy atom. The van der Waals surface area contributed by atoms with Gasteiger partial charge in [-0.2, -0.15) is 0 Å². The second kappa shape index (κ2) is 11.4. The summed E-state index contributed by atoms with van der Waals surface area (Å²) in [7, 11) is 0. The monoisotopic (exact) mass is 564 g/mol. The van der Waals surface area contributed by atoms with Crippen molar-refractivity contribution in [3.05, 3.63) is 53.6 Å². The van der Waals surface area contributed by atoms with Gasteiger partial charge in [-0.25, -0.2) is 0 Å². The minimum atomic E-state index is -1.39. The van der Waals surface area contributed by atoms with E-state index in [4.69, 9.17) is 9.47 Å². The fourth-order valence-corrected chi connectivity index (χ4v) is 7.58. The smallest absolute Gasteiger partial charge is 0.313 e. The number of benzene rings is 1. The van der Waals surface area contributed by atoms with Gasteiger partial charge in [0.25, 0.3) is 5.91 Å². The summed E-state index contributed by atoms with van der Waals surface area (Å²) in [6.45, 7) is 10.2. The first-order valence-corrected chi connectivity index (χ1v) is 15.2. The molecule has 41 heavy (non-hydrogen) atoms. The molecule has 7 atom stereocenters. The zero-order chi connectivity index (χ0) is 29.5. The number of likely N-dealkylation sites (tertiary alicyclic amines) is 1. The van der Waals surface area contributed by atoms with Crippen molar-refractivity contribution < 1.29 is 29.0 Å². The summed E-state index contributed by atoms with van der Waals surface area (Å²) in [5.74, 6) is -3.02. The Bertz CT molecular complexity index is 1240. The van der Waals surface area contributed by atoms with Crippen LogP contribution in [0, 0.1) is 31.6 Å². The summed E-state index contributed by atoms with van der Waals surface area (Å²) in [5, 5.41) is 10.6. The quantitative estimate of drug-likeness (QED) is 0.410. The van der Waals surface area contributed by atoms with Crippen molar-refractivity contribution in [3.8, 4) is 0 Å². The Morgan fingerprint density at radius 3 is 2.41 bits per heavy atom. The molecule has 4 aliphatic heterocycles. The average Bonchev–Trinajstić information content (AvgIpc) is 3.31. The number of aryl methyl sites for hydroxylation is 2. The van der Waals surface area contributed by atoms with Gasteiger partial charge in [-0.05, 0) is 56.6 Å². The van der Waals surface area contributed by atoms with Crippen LogP contribution in [-0.2, 0) is 23.9 Å². The highest BCUT2D eigenvalue weighted by Gasteiger charge is 2.76. The summed E-state index contributed by atoms with van der Waals surface area (Å²) in [6, 6.07) is 4.25. The third-order valence-corrected chi connectivity index (χ3v) is 9.88. The summed E-state index contributed by atoms with van der Waals surface area (Å²) in [5.41, 5.74) is 0.226. The zero-order valence-electron chi connectivity index (χ0n) is 25.0. The molecule has 2 amide bonds. The maximum atomic E-state index is 14.9. The van der Waals surface area contributed by atoms with Gasteiger partial charge in [-0.1, -0.05) is 69.7 Å². The van der Waals surface area contributed by atoms with Crippen molar-refractivity contribution in [2.75, 3.05) is 24.7 Å². The highest BCUT2D eigenvalue weighted by Crippen LogP contribution is 2.59. The van der Waals surface area contributed by atoms with Crippen LogP contribution in [0.3, 0.4) is 0 Å². The van der Waals surface area contributed by atoms with Gasteiger partial charge in [0.15, 0.2) is 0 Å². The number of nitrogens with zero attached hydrogens (tertiary/aromatic N) is 2. The lowest BCUT2D eigenvalue weighted by Gasteiger charge is -2.42. The van der Waals surface area contributed by atoms with Gasteiger partial charge < -0.3 is 24.4 Å². The molecular formula is C33H44N2O6. The van der Waals surface area contributed by atoms with Crippen molar-refractivity contribution in [1.82, 2.24) is 4.90 Å². The Hall–Kier alpha value is -2.97. The van der Waals surface area contributed by atoms with Crippen LogP contribution in [0.1, 0.15) is 64.0 Å². The molecule has 1 aromatic carbocycles. The van der Waals surface area contributed by atoms with E-state index in [9.17, 15) is 19.5 Å². The molecule has 0 aliphatic carbocycles. The van der Waals surface area contributed by atoms with E-state index in [1.54, 1.807) is 9.80 Å². The number of cyclic esters (lactones) is 1. The number of ether oxygens (including phenoxy) is 2. The maximum Gasteiger partial charge on any atom is 0.313 e. The van der Waals surface area contributed by atoms with Crippen LogP contribution >= 0.6 is 0 Å². The number of carbonyl (C=O) groups excluding carboxylic acids is 3. The molecular weight excluding hydrogens is 520 g/mol. The number of carbonyl (C=O) groups is 3. The Balaban J connectivity index is 1.73. The summed E-state index contributed by atoms with van der Waals surface area (Å²) < 4.78 is 12.8. The summed E-state index contributed by atoms with van der Waals surface area (Å²) in [4.78, 5) is 46.7. The number of aliphatic hydroxyl groups excluding tert-OH is 1. The number of amides is 2. The maximum absolute atomic E-state index is 14.9. The van der Waals surface area contributed by atoms with Crippen LogP contribution in [0.15, 0.2) is 42.5 Å². The van der Waals surface area contributed by atoms with Crippen LogP contribution in [0.4, 0.5) is 5.69 Å². The summed E-state index contributed by atoms with van der Waals surface area (Å²) in [6.07, 6.45) is 11.3. The SMILES string of the molecule is CC[C@H](C)[C@H](CO)N1C(=O)[C@@H]2[C@@H]3C(=O)OCCCC/C=C\[C@]3(CC)O[C@@]23C=CCN(c2c(C)cccc2C)C(=O)C13. The average molecular weight is 565 g/mol. The molecule has 1 aromatic rings. The number of para-hydroxylation sites is 1. The van der Waals surface area contributed by atoms with Crippen LogP contribution in [0.25, 0.3) is 0 Å². The van der Waals surface area contributed by atoms with E-state index in [0.717, 1.165) is 36.1 Å². The highest BCUT2D eigenvalue weighted by atomic mass is 16.6. The molecule has 8 heteroatoms. The van der Waals surface area contributed by atoms with Gasteiger partial charge in [-0.3, -0.25) is 14.4 Å². The molecule has 1 spiro atoms. The first-order valence-electron chi connectivity index (χ1n) is 15.2. The molecule has 2 fully saturated rings. The van der Waals surface area contributed by atoms with Gasteiger partial charge in [0.1, 0.15) is 23.2 Å². The van der Waals surface area contributed by atoms with Crippen molar-refractivity contribution >= 4 is 23.5 Å². The first-order chi connectivity index (χ1) is 19.7. The number of fused-ring (bicyclic) bond motifs is 2. The lowest BCUT2D eigenvalue weighted by Crippen LogP contribution is -2.60. The fraction of sp³-hybridized carbons (Fsp3) is 0.606. The Morgan fingerprint density at radius 1 is 1.02 bits per heavy atom. The largest absolute Gasteiger partial charge is 0.465 e. The molecule has 0 saturated carbocycles. The normalized spacial score (nSPS) is 33.9. The van der Waals surface area contributed by atoms with Crippen LogP contribution < -0.4 is 4.90 Å². The molecule has 5 rings (SSSR count). The van der Waals surface area contributed by atoms with Gasteiger partial charge in [0.05, 0.1) is 25.2 Å². The predicted molar refractivity (Wildman–Crippen MR) is 156 cm³/mol. The van der Waals surface area contributed by atoms with Gasteiger partial charge in [-0.15, -0.1) is 0 Å². The van der Waals surface area contributed by atoms with E-state index < -0.39 is 41.1 Å². The van der Waals surface area contributed by atoms with Gasteiger partial charge in [0, 0.05) is 12.2 Å². The molecule has 8 nitrogen and oxygen atoms in total.